The number of hydrogen-bond acceptors (Lipinski definition) is 3. The van der Waals surface area contributed by atoms with Crippen LogP contribution in [0.4, 0.5) is 0 Å². The second-order valence-electron chi connectivity index (χ2n) is 3.84. The van der Waals surface area contributed by atoms with E-state index in [4.69, 9.17) is 10.8 Å². The van der Waals surface area contributed by atoms with E-state index < -0.39 is 0 Å². The monoisotopic (exact) mass is 208 g/mol. The Morgan fingerprint density at radius 2 is 1.80 bits per heavy atom. The summed E-state index contributed by atoms with van der Waals surface area (Å²) in [5, 5.41) is 8.71. The third-order valence-electron chi connectivity index (χ3n) is 2.41. The second-order valence-corrected chi connectivity index (χ2v) is 3.84. The highest BCUT2D eigenvalue weighted by Gasteiger charge is 1.99. The molecule has 0 saturated carbocycles. The molecule has 0 unspecified atom stereocenters. The fourth-order valence-electron chi connectivity index (χ4n) is 1.51. The molecule has 0 aliphatic carbocycles. The van der Waals surface area contributed by atoms with Crippen molar-refractivity contribution in [3.8, 4) is 0 Å². The van der Waals surface area contributed by atoms with Gasteiger partial charge < -0.3 is 15.7 Å². The lowest BCUT2D eigenvalue weighted by molar-refractivity contribution is 0.244. The highest BCUT2D eigenvalue weighted by Crippen LogP contribution is 2.06. The van der Waals surface area contributed by atoms with Gasteiger partial charge in [-0.1, -0.05) is 24.3 Å². The molecule has 84 valence electrons. The van der Waals surface area contributed by atoms with Crippen molar-refractivity contribution >= 4 is 0 Å². The van der Waals surface area contributed by atoms with Gasteiger partial charge in [-0.2, -0.15) is 0 Å². The Labute approximate surface area is 91.5 Å². The van der Waals surface area contributed by atoms with Crippen LogP contribution in [0.25, 0.3) is 0 Å². The predicted molar refractivity (Wildman–Crippen MR) is 62.4 cm³/mol. The molecule has 1 aromatic rings. The minimum Gasteiger partial charge on any atom is -0.396 e. The summed E-state index contributed by atoms with van der Waals surface area (Å²) in [6.45, 7) is 2.71. The quantitative estimate of drug-likeness (QED) is 0.732. The van der Waals surface area contributed by atoms with Crippen LogP contribution in [0.3, 0.4) is 0 Å². The molecule has 0 radical (unpaired) electrons. The first-order chi connectivity index (χ1) is 7.26. The van der Waals surface area contributed by atoms with Gasteiger partial charge in [-0.15, -0.1) is 0 Å². The molecule has 15 heavy (non-hydrogen) atoms. The highest BCUT2D eigenvalue weighted by molar-refractivity contribution is 5.22. The zero-order valence-electron chi connectivity index (χ0n) is 9.32. The van der Waals surface area contributed by atoms with Gasteiger partial charge in [0.25, 0.3) is 0 Å². The summed E-state index contributed by atoms with van der Waals surface area (Å²) in [7, 11) is 2.06. The first kappa shape index (κ1) is 12.2. The number of aliphatic hydroxyl groups is 1. The molecule has 0 aromatic heterocycles. The molecule has 3 heteroatoms. The van der Waals surface area contributed by atoms with Crippen LogP contribution < -0.4 is 5.73 Å². The topological polar surface area (TPSA) is 49.5 Å². The molecule has 3 nitrogen and oxygen atoms in total. The summed E-state index contributed by atoms with van der Waals surface area (Å²) in [5.74, 6) is 0. The number of rotatable bonds is 6. The molecular formula is C12H20N2O. The van der Waals surface area contributed by atoms with Gasteiger partial charge in [-0.3, -0.25) is 0 Å². The van der Waals surface area contributed by atoms with Crippen LogP contribution in [0.2, 0.25) is 0 Å². The average molecular weight is 208 g/mol. The summed E-state index contributed by atoms with van der Waals surface area (Å²) in [4.78, 5) is 2.20. The second kappa shape index (κ2) is 6.56. The molecule has 0 aliphatic rings. The fourth-order valence-corrected chi connectivity index (χ4v) is 1.51. The zero-order valence-corrected chi connectivity index (χ0v) is 9.32. The summed E-state index contributed by atoms with van der Waals surface area (Å²) in [6.07, 6.45) is 0.831. The van der Waals surface area contributed by atoms with Gasteiger partial charge in [0.2, 0.25) is 0 Å². The molecule has 1 aromatic carbocycles. The molecule has 0 aliphatic heterocycles. The van der Waals surface area contributed by atoms with Crippen molar-refractivity contribution in [2.75, 3.05) is 20.2 Å². The van der Waals surface area contributed by atoms with Crippen molar-refractivity contribution in [1.29, 1.82) is 0 Å². The Hall–Kier alpha value is -0.900. The van der Waals surface area contributed by atoms with Crippen molar-refractivity contribution < 1.29 is 5.11 Å². The van der Waals surface area contributed by atoms with Crippen LogP contribution in [-0.4, -0.2) is 30.2 Å². The first-order valence-corrected chi connectivity index (χ1v) is 5.33. The van der Waals surface area contributed by atoms with E-state index in [9.17, 15) is 0 Å². The minimum atomic E-state index is 0.260. The summed E-state index contributed by atoms with van der Waals surface area (Å²) >= 11 is 0. The van der Waals surface area contributed by atoms with Gasteiger partial charge in [0.05, 0.1) is 0 Å². The molecule has 0 heterocycles. The maximum absolute atomic E-state index is 8.71. The van der Waals surface area contributed by atoms with Crippen LogP contribution in [0.1, 0.15) is 17.5 Å². The smallest absolute Gasteiger partial charge is 0.0443 e. The van der Waals surface area contributed by atoms with Gasteiger partial charge in [0.15, 0.2) is 0 Å². The van der Waals surface area contributed by atoms with Gasteiger partial charge in [0, 0.05) is 26.2 Å². The van der Waals surface area contributed by atoms with Crippen LogP contribution in [0.5, 0.6) is 0 Å². The van der Waals surface area contributed by atoms with Crippen LogP contribution in [-0.2, 0) is 13.1 Å². The SMILES string of the molecule is CN(CCCO)Cc1ccc(CN)cc1. The summed E-state index contributed by atoms with van der Waals surface area (Å²) < 4.78 is 0. The predicted octanol–water partition coefficient (Wildman–Crippen LogP) is 0.959. The summed E-state index contributed by atoms with van der Waals surface area (Å²) in [5.41, 5.74) is 7.98. The van der Waals surface area contributed by atoms with E-state index in [1.807, 2.05) is 0 Å². The van der Waals surface area contributed by atoms with Crippen LogP contribution in [0, 0.1) is 0 Å². The third kappa shape index (κ3) is 4.42. The lowest BCUT2D eigenvalue weighted by atomic mass is 10.1. The zero-order chi connectivity index (χ0) is 11.1. The number of nitrogens with two attached hydrogens (primary N) is 1. The Morgan fingerprint density at radius 1 is 1.20 bits per heavy atom. The first-order valence-electron chi connectivity index (χ1n) is 5.33. The van der Waals surface area contributed by atoms with Crippen molar-refractivity contribution in [2.45, 2.75) is 19.5 Å². The molecule has 3 N–H and O–H groups in total. The van der Waals surface area contributed by atoms with Crippen LogP contribution in [0.15, 0.2) is 24.3 Å². The molecule has 1 rings (SSSR count). The molecule has 0 saturated heterocycles. The van der Waals surface area contributed by atoms with Gasteiger partial charge in [-0.25, -0.2) is 0 Å². The van der Waals surface area contributed by atoms with E-state index >= 15 is 0 Å². The van der Waals surface area contributed by atoms with Gasteiger partial charge in [-0.05, 0) is 24.6 Å². The van der Waals surface area contributed by atoms with E-state index in [0.717, 1.165) is 25.1 Å². The highest BCUT2D eigenvalue weighted by atomic mass is 16.3. The Kier molecular flexibility index (Phi) is 5.32. The molecular weight excluding hydrogens is 188 g/mol. The maximum Gasteiger partial charge on any atom is 0.0443 e. The maximum atomic E-state index is 8.71. The Bertz CT molecular complexity index is 271. The summed E-state index contributed by atoms with van der Waals surface area (Å²) in [6, 6.07) is 8.35. The van der Waals surface area contributed by atoms with Crippen LogP contribution >= 0.6 is 0 Å². The van der Waals surface area contributed by atoms with E-state index in [2.05, 4.69) is 36.2 Å². The van der Waals surface area contributed by atoms with Gasteiger partial charge in [0.1, 0.15) is 0 Å². The average Bonchev–Trinajstić information content (AvgIpc) is 2.27. The van der Waals surface area contributed by atoms with E-state index in [1.165, 1.54) is 5.56 Å². The van der Waals surface area contributed by atoms with E-state index in [0.29, 0.717) is 6.54 Å². The number of benzene rings is 1. The molecule has 0 fully saturated rings. The van der Waals surface area contributed by atoms with Gasteiger partial charge >= 0.3 is 0 Å². The third-order valence-corrected chi connectivity index (χ3v) is 2.41. The normalized spacial score (nSPS) is 10.9. The lowest BCUT2D eigenvalue weighted by Gasteiger charge is -2.15. The molecule has 0 bridgehead atoms. The number of nitrogens with zero attached hydrogens (tertiary/aromatic N) is 1. The minimum absolute atomic E-state index is 0.260. The van der Waals surface area contributed by atoms with Crippen molar-refractivity contribution in [2.24, 2.45) is 5.73 Å². The van der Waals surface area contributed by atoms with E-state index in [-0.39, 0.29) is 6.61 Å². The Balaban J connectivity index is 2.42. The standard InChI is InChI=1S/C12H20N2O/c1-14(7-2-8-15)10-12-5-3-11(9-13)4-6-12/h3-6,15H,2,7-10,13H2,1H3. The molecule has 0 amide bonds. The molecule has 0 atom stereocenters. The molecule has 0 spiro atoms. The van der Waals surface area contributed by atoms with Crippen molar-refractivity contribution in [3.05, 3.63) is 35.4 Å². The van der Waals surface area contributed by atoms with E-state index in [1.54, 1.807) is 0 Å². The van der Waals surface area contributed by atoms with Crippen molar-refractivity contribution in [3.63, 3.8) is 0 Å². The van der Waals surface area contributed by atoms with Crippen molar-refractivity contribution in [1.82, 2.24) is 4.90 Å². The fraction of sp³-hybridized carbons (Fsp3) is 0.500. The lowest BCUT2D eigenvalue weighted by Crippen LogP contribution is -2.19. The number of hydrogen-bond donors (Lipinski definition) is 2. The number of aliphatic hydroxyl groups excluding tert-OH is 1. The Morgan fingerprint density at radius 3 is 2.33 bits per heavy atom. The largest absolute Gasteiger partial charge is 0.396 e.